The van der Waals surface area contributed by atoms with Crippen LogP contribution in [0.2, 0.25) is 0 Å². The highest BCUT2D eigenvalue weighted by atomic mass is 16.5. The van der Waals surface area contributed by atoms with E-state index < -0.39 is 0 Å². The lowest BCUT2D eigenvalue weighted by Crippen LogP contribution is -2.18. The monoisotopic (exact) mass is 234 g/mol. The number of rotatable bonds is 5. The van der Waals surface area contributed by atoms with Crippen molar-refractivity contribution >= 4 is 5.90 Å². The van der Waals surface area contributed by atoms with Crippen molar-refractivity contribution in [3.8, 4) is 5.75 Å². The quantitative estimate of drug-likeness (QED) is 0.837. The molecule has 0 radical (unpaired) electrons. The van der Waals surface area contributed by atoms with Crippen molar-refractivity contribution in [1.82, 2.24) is 0 Å². The van der Waals surface area contributed by atoms with Gasteiger partial charge in [-0.05, 0) is 30.7 Å². The van der Waals surface area contributed by atoms with Crippen LogP contribution in [-0.2, 0) is 11.2 Å². The van der Waals surface area contributed by atoms with Gasteiger partial charge < -0.3 is 15.2 Å². The van der Waals surface area contributed by atoms with Crippen LogP contribution in [0, 0.1) is 0 Å². The second kappa shape index (κ2) is 5.68. The third kappa shape index (κ3) is 3.20. The molecule has 4 nitrogen and oxygen atoms in total. The van der Waals surface area contributed by atoms with Crippen LogP contribution in [0.3, 0.4) is 0 Å². The smallest absolute Gasteiger partial charge is 0.188 e. The van der Waals surface area contributed by atoms with Gasteiger partial charge in [0.05, 0.1) is 13.7 Å². The Morgan fingerprint density at radius 3 is 3.18 bits per heavy atom. The number of ether oxygens (including phenoxy) is 2. The van der Waals surface area contributed by atoms with Crippen molar-refractivity contribution in [1.29, 1.82) is 0 Å². The van der Waals surface area contributed by atoms with Crippen molar-refractivity contribution in [2.24, 2.45) is 10.7 Å². The Bertz CT molecular complexity index is 404. The fourth-order valence-electron chi connectivity index (χ4n) is 1.86. The van der Waals surface area contributed by atoms with E-state index >= 15 is 0 Å². The van der Waals surface area contributed by atoms with Crippen LogP contribution in [0.15, 0.2) is 29.3 Å². The van der Waals surface area contributed by atoms with Crippen molar-refractivity contribution in [2.75, 3.05) is 20.2 Å². The molecule has 0 bridgehead atoms. The molecule has 1 heterocycles. The Kier molecular flexibility index (Phi) is 3.98. The molecule has 1 unspecified atom stereocenters. The van der Waals surface area contributed by atoms with Crippen LogP contribution >= 0.6 is 0 Å². The lowest BCUT2D eigenvalue weighted by Gasteiger charge is -2.10. The first-order chi connectivity index (χ1) is 8.31. The minimum Gasteiger partial charge on any atom is -0.497 e. The Morgan fingerprint density at radius 2 is 2.41 bits per heavy atom. The highest BCUT2D eigenvalue weighted by Crippen LogP contribution is 2.16. The first kappa shape index (κ1) is 11.9. The van der Waals surface area contributed by atoms with E-state index in [4.69, 9.17) is 15.2 Å². The molecule has 92 valence electrons. The molecule has 0 aromatic heterocycles. The fourth-order valence-corrected chi connectivity index (χ4v) is 1.86. The molecule has 0 spiro atoms. The summed E-state index contributed by atoms with van der Waals surface area (Å²) < 4.78 is 10.9. The average Bonchev–Trinajstić information content (AvgIpc) is 2.77. The first-order valence-corrected chi connectivity index (χ1v) is 5.85. The van der Waals surface area contributed by atoms with Crippen molar-refractivity contribution in [2.45, 2.75) is 18.9 Å². The zero-order valence-corrected chi connectivity index (χ0v) is 10.1. The molecule has 0 aliphatic carbocycles. The maximum atomic E-state index is 5.71. The maximum Gasteiger partial charge on any atom is 0.188 e. The van der Waals surface area contributed by atoms with Crippen LogP contribution in [0.4, 0.5) is 0 Å². The summed E-state index contributed by atoms with van der Waals surface area (Å²) in [5.41, 5.74) is 6.65. The van der Waals surface area contributed by atoms with E-state index in [1.165, 1.54) is 0 Å². The maximum absolute atomic E-state index is 5.71. The molecule has 1 aromatic carbocycles. The molecule has 1 aliphatic rings. The lowest BCUT2D eigenvalue weighted by molar-refractivity contribution is 0.212. The van der Waals surface area contributed by atoms with Gasteiger partial charge in [-0.1, -0.05) is 12.1 Å². The highest BCUT2D eigenvalue weighted by Gasteiger charge is 2.18. The van der Waals surface area contributed by atoms with Crippen LogP contribution in [-0.4, -0.2) is 32.2 Å². The van der Waals surface area contributed by atoms with Gasteiger partial charge in [0.15, 0.2) is 5.90 Å². The summed E-state index contributed by atoms with van der Waals surface area (Å²) in [6.45, 7) is 1.38. The minimum absolute atomic E-state index is 0.167. The molecule has 1 aromatic rings. The molecular formula is C13H18N2O2. The van der Waals surface area contributed by atoms with Crippen LogP contribution in [0.25, 0.3) is 0 Å². The Balaban J connectivity index is 1.93. The van der Waals surface area contributed by atoms with Gasteiger partial charge in [0.2, 0.25) is 0 Å². The Labute approximate surface area is 101 Å². The van der Waals surface area contributed by atoms with Gasteiger partial charge in [-0.15, -0.1) is 0 Å². The SMILES string of the molecule is COc1cccc(CC2=NCC(CCN)O2)c1. The summed E-state index contributed by atoms with van der Waals surface area (Å²) in [6.07, 6.45) is 1.75. The number of aliphatic imine (C=N–C) groups is 1. The Morgan fingerprint density at radius 1 is 1.53 bits per heavy atom. The van der Waals surface area contributed by atoms with Crippen LogP contribution < -0.4 is 10.5 Å². The molecule has 0 fully saturated rings. The summed E-state index contributed by atoms with van der Waals surface area (Å²) in [5, 5.41) is 0. The second-order valence-corrected chi connectivity index (χ2v) is 4.08. The van der Waals surface area contributed by atoms with E-state index in [2.05, 4.69) is 4.99 Å². The summed E-state index contributed by atoms with van der Waals surface area (Å²) in [6, 6.07) is 7.95. The largest absolute Gasteiger partial charge is 0.497 e. The third-order valence-corrected chi connectivity index (χ3v) is 2.75. The molecule has 0 amide bonds. The molecule has 2 N–H and O–H groups in total. The first-order valence-electron chi connectivity index (χ1n) is 5.85. The van der Waals surface area contributed by atoms with Gasteiger partial charge in [-0.2, -0.15) is 0 Å². The Hall–Kier alpha value is -1.55. The zero-order chi connectivity index (χ0) is 12.1. The fraction of sp³-hybridized carbons (Fsp3) is 0.462. The second-order valence-electron chi connectivity index (χ2n) is 4.08. The molecule has 0 saturated carbocycles. The zero-order valence-electron chi connectivity index (χ0n) is 10.1. The van der Waals surface area contributed by atoms with Gasteiger partial charge in [-0.25, -0.2) is 0 Å². The van der Waals surface area contributed by atoms with Crippen LogP contribution in [0.1, 0.15) is 12.0 Å². The third-order valence-electron chi connectivity index (χ3n) is 2.75. The number of nitrogens with two attached hydrogens (primary N) is 1. The van der Waals surface area contributed by atoms with Crippen LogP contribution in [0.5, 0.6) is 5.75 Å². The number of methoxy groups -OCH3 is 1. The predicted octanol–water partition coefficient (Wildman–Crippen LogP) is 1.38. The minimum atomic E-state index is 0.167. The topological polar surface area (TPSA) is 56.8 Å². The van der Waals surface area contributed by atoms with E-state index in [1.54, 1.807) is 7.11 Å². The van der Waals surface area contributed by atoms with Gasteiger partial charge >= 0.3 is 0 Å². The molecule has 1 aliphatic heterocycles. The van der Waals surface area contributed by atoms with Gasteiger partial charge in [0.25, 0.3) is 0 Å². The highest BCUT2D eigenvalue weighted by molar-refractivity contribution is 5.80. The van der Waals surface area contributed by atoms with Crippen molar-refractivity contribution in [3.63, 3.8) is 0 Å². The van der Waals surface area contributed by atoms with Gasteiger partial charge in [-0.3, -0.25) is 4.99 Å². The molecule has 17 heavy (non-hydrogen) atoms. The van der Waals surface area contributed by atoms with E-state index in [1.807, 2.05) is 24.3 Å². The van der Waals surface area contributed by atoms with Gasteiger partial charge in [0, 0.05) is 6.42 Å². The molecule has 1 atom stereocenters. The van der Waals surface area contributed by atoms with E-state index in [0.29, 0.717) is 6.54 Å². The summed E-state index contributed by atoms with van der Waals surface area (Å²) >= 11 is 0. The molecular weight excluding hydrogens is 216 g/mol. The number of nitrogens with zero attached hydrogens (tertiary/aromatic N) is 1. The normalized spacial score (nSPS) is 18.7. The molecule has 2 rings (SSSR count). The van der Waals surface area contributed by atoms with E-state index in [9.17, 15) is 0 Å². The average molecular weight is 234 g/mol. The molecule has 0 saturated heterocycles. The van der Waals surface area contributed by atoms with Gasteiger partial charge in [0.1, 0.15) is 11.9 Å². The number of hydrogen-bond acceptors (Lipinski definition) is 4. The van der Waals surface area contributed by atoms with Crippen molar-refractivity contribution in [3.05, 3.63) is 29.8 Å². The summed E-state index contributed by atoms with van der Waals surface area (Å²) in [7, 11) is 1.67. The lowest BCUT2D eigenvalue weighted by atomic mass is 10.1. The number of hydrogen-bond donors (Lipinski definition) is 1. The molecule has 4 heteroatoms. The standard InChI is InChI=1S/C13H18N2O2/c1-16-11-4-2-3-10(7-11)8-13-15-9-12(17-13)5-6-14/h2-4,7,12H,5-6,8-9,14H2,1H3. The number of benzene rings is 1. The summed E-state index contributed by atoms with van der Waals surface area (Å²) in [5.74, 6) is 1.66. The van der Waals surface area contributed by atoms with E-state index in [0.717, 1.165) is 36.6 Å². The van der Waals surface area contributed by atoms with Crippen molar-refractivity contribution < 1.29 is 9.47 Å². The predicted molar refractivity (Wildman–Crippen MR) is 67.5 cm³/mol. The van der Waals surface area contributed by atoms with E-state index in [-0.39, 0.29) is 6.10 Å². The summed E-state index contributed by atoms with van der Waals surface area (Å²) in [4.78, 5) is 4.38.